The van der Waals surface area contributed by atoms with Crippen LogP contribution in [0.5, 0.6) is 11.5 Å². The van der Waals surface area contributed by atoms with Crippen molar-refractivity contribution < 1.29 is 22.7 Å². The van der Waals surface area contributed by atoms with E-state index in [9.17, 15) is 13.2 Å². The summed E-state index contributed by atoms with van der Waals surface area (Å²) in [5.41, 5.74) is 1.04. The molecule has 1 aliphatic rings. The first-order valence-electron chi connectivity index (χ1n) is 9.52. The van der Waals surface area contributed by atoms with Gasteiger partial charge in [-0.1, -0.05) is 0 Å². The Hall–Kier alpha value is -2.74. The zero-order valence-electron chi connectivity index (χ0n) is 16.8. The normalized spacial score (nSPS) is 20.7. The van der Waals surface area contributed by atoms with E-state index in [1.54, 1.807) is 55.6 Å². The van der Waals surface area contributed by atoms with Crippen molar-refractivity contribution in [2.45, 2.75) is 31.4 Å². The molecule has 1 atom stereocenters. The second-order valence-corrected chi connectivity index (χ2v) is 9.31. The van der Waals surface area contributed by atoms with Crippen LogP contribution in [0, 0.1) is 0 Å². The molecule has 0 radical (unpaired) electrons. The minimum absolute atomic E-state index is 0.255. The summed E-state index contributed by atoms with van der Waals surface area (Å²) in [6.45, 7) is 4.25. The van der Waals surface area contributed by atoms with Crippen molar-refractivity contribution >= 4 is 27.3 Å². The number of ether oxygens (including phenoxy) is 2. The Kier molecular flexibility index (Phi) is 6.02. The van der Waals surface area contributed by atoms with Crippen LogP contribution in [0.15, 0.2) is 48.5 Å². The van der Waals surface area contributed by atoms with Crippen molar-refractivity contribution in [3.8, 4) is 11.5 Å². The third-order valence-electron chi connectivity index (χ3n) is 5.14. The number of carbonyl (C=O) groups is 1. The molecule has 8 heteroatoms. The topological polar surface area (TPSA) is 84.9 Å². The number of nitrogens with zero attached hydrogens (tertiary/aromatic N) is 1. The van der Waals surface area contributed by atoms with Crippen molar-refractivity contribution in [3.05, 3.63) is 48.5 Å². The maximum Gasteiger partial charge on any atom is 0.249 e. The Morgan fingerprint density at radius 3 is 2.31 bits per heavy atom. The van der Waals surface area contributed by atoms with E-state index in [2.05, 4.69) is 5.32 Å². The summed E-state index contributed by atoms with van der Waals surface area (Å²) in [6.07, 6.45) is 0.837. The highest BCUT2D eigenvalue weighted by molar-refractivity contribution is 7.95. The number of carbonyl (C=O) groups excluding carboxylic acids is 1. The fraction of sp³-hybridized carbons (Fsp3) is 0.381. The summed E-state index contributed by atoms with van der Waals surface area (Å²) in [6, 6.07) is 13.7. The van der Waals surface area contributed by atoms with Crippen LogP contribution in [0.1, 0.15) is 26.7 Å². The number of anilines is 2. The first-order chi connectivity index (χ1) is 13.8. The zero-order chi connectivity index (χ0) is 21.1. The summed E-state index contributed by atoms with van der Waals surface area (Å²) in [5, 5.41) is 2.75. The lowest BCUT2D eigenvalue weighted by molar-refractivity contribution is -0.118. The maximum atomic E-state index is 13.4. The molecule has 1 saturated heterocycles. The van der Waals surface area contributed by atoms with Gasteiger partial charge in [0.05, 0.1) is 19.4 Å². The number of hydrogen-bond acceptors (Lipinski definition) is 5. The van der Waals surface area contributed by atoms with Gasteiger partial charge in [0.1, 0.15) is 11.5 Å². The molecule has 0 aliphatic carbocycles. The Bertz CT molecular complexity index is 958. The highest BCUT2D eigenvalue weighted by atomic mass is 32.2. The van der Waals surface area contributed by atoms with E-state index < -0.39 is 20.7 Å². The fourth-order valence-electron chi connectivity index (χ4n) is 3.36. The van der Waals surface area contributed by atoms with Gasteiger partial charge in [0, 0.05) is 12.2 Å². The summed E-state index contributed by atoms with van der Waals surface area (Å²) in [4.78, 5) is 13.0. The predicted octanol–water partition coefficient (Wildman–Crippen LogP) is 3.42. The minimum atomic E-state index is -3.92. The van der Waals surface area contributed by atoms with Crippen molar-refractivity contribution in [2.75, 3.05) is 29.9 Å². The van der Waals surface area contributed by atoms with Gasteiger partial charge in [0.15, 0.2) is 4.75 Å². The third kappa shape index (κ3) is 4.03. The van der Waals surface area contributed by atoms with E-state index >= 15 is 0 Å². The molecule has 0 unspecified atom stereocenters. The van der Waals surface area contributed by atoms with Crippen molar-refractivity contribution in [1.82, 2.24) is 0 Å². The van der Waals surface area contributed by atoms with E-state index in [1.165, 1.54) is 11.2 Å². The summed E-state index contributed by atoms with van der Waals surface area (Å²) in [5.74, 6) is 0.784. The lowest BCUT2D eigenvalue weighted by Gasteiger charge is -2.39. The van der Waals surface area contributed by atoms with Crippen molar-refractivity contribution in [1.29, 1.82) is 0 Å². The molecule has 1 heterocycles. The smallest absolute Gasteiger partial charge is 0.249 e. The molecule has 3 rings (SSSR count). The van der Waals surface area contributed by atoms with Crippen LogP contribution in [-0.2, 0) is 14.8 Å². The van der Waals surface area contributed by atoms with Gasteiger partial charge < -0.3 is 14.8 Å². The number of amides is 1. The molecule has 2 aromatic rings. The SMILES string of the molecule is CCOc1ccc(NC(=O)[C@]2(C)CCCN(c3ccc(OC)cc3)S2(=O)=O)cc1. The van der Waals surface area contributed by atoms with Gasteiger partial charge in [-0.15, -0.1) is 0 Å². The van der Waals surface area contributed by atoms with Gasteiger partial charge in [-0.2, -0.15) is 0 Å². The molecule has 7 nitrogen and oxygen atoms in total. The first-order valence-corrected chi connectivity index (χ1v) is 11.0. The standard InChI is InChI=1S/C21H26N2O5S/c1-4-28-19-10-6-16(7-11-19)22-20(24)21(2)14-5-15-23(29(21,25)26)17-8-12-18(27-3)13-9-17/h6-13H,4-5,14-15H2,1-3H3,(H,22,24)/t21-/m0/s1. The van der Waals surface area contributed by atoms with E-state index in [4.69, 9.17) is 9.47 Å². The molecule has 0 saturated carbocycles. The molecule has 156 valence electrons. The molecule has 1 amide bonds. The average Bonchev–Trinajstić information content (AvgIpc) is 2.72. The maximum absolute atomic E-state index is 13.4. The summed E-state index contributed by atoms with van der Waals surface area (Å²) >= 11 is 0. The Labute approximate surface area is 171 Å². The average molecular weight is 419 g/mol. The molecule has 1 aliphatic heterocycles. The predicted molar refractivity (Wildman–Crippen MR) is 113 cm³/mol. The van der Waals surface area contributed by atoms with Gasteiger partial charge in [0.25, 0.3) is 0 Å². The van der Waals surface area contributed by atoms with E-state index in [1.807, 2.05) is 6.92 Å². The molecule has 1 N–H and O–H groups in total. The van der Waals surface area contributed by atoms with Gasteiger partial charge in [-0.3, -0.25) is 9.10 Å². The number of benzene rings is 2. The molecule has 2 aromatic carbocycles. The molecule has 0 spiro atoms. The van der Waals surface area contributed by atoms with Gasteiger partial charge in [-0.25, -0.2) is 8.42 Å². The quantitative estimate of drug-likeness (QED) is 0.777. The lowest BCUT2D eigenvalue weighted by atomic mass is 10.0. The van der Waals surface area contributed by atoms with Crippen LogP contribution >= 0.6 is 0 Å². The van der Waals surface area contributed by atoms with E-state index in [0.717, 1.165) is 0 Å². The van der Waals surface area contributed by atoms with Gasteiger partial charge in [0.2, 0.25) is 15.9 Å². The van der Waals surface area contributed by atoms with Crippen LogP contribution in [0.2, 0.25) is 0 Å². The second-order valence-electron chi connectivity index (χ2n) is 7.02. The van der Waals surface area contributed by atoms with Gasteiger partial charge in [-0.05, 0) is 75.2 Å². The van der Waals surface area contributed by atoms with Crippen LogP contribution in [-0.4, -0.2) is 39.3 Å². The van der Waals surface area contributed by atoms with Crippen LogP contribution in [0.4, 0.5) is 11.4 Å². The highest BCUT2D eigenvalue weighted by Gasteiger charge is 2.52. The zero-order valence-corrected chi connectivity index (χ0v) is 17.7. The first kappa shape index (κ1) is 21.0. The van der Waals surface area contributed by atoms with Crippen molar-refractivity contribution in [2.24, 2.45) is 0 Å². The fourth-order valence-corrected chi connectivity index (χ4v) is 5.31. The van der Waals surface area contributed by atoms with E-state index in [0.29, 0.717) is 42.4 Å². The Balaban J connectivity index is 1.83. The molecule has 0 aromatic heterocycles. The summed E-state index contributed by atoms with van der Waals surface area (Å²) in [7, 11) is -2.37. The number of hydrogen-bond donors (Lipinski definition) is 1. The number of sulfonamides is 1. The second kappa shape index (κ2) is 8.32. The van der Waals surface area contributed by atoms with Crippen LogP contribution in [0.25, 0.3) is 0 Å². The van der Waals surface area contributed by atoms with Crippen LogP contribution in [0.3, 0.4) is 0 Å². The molecule has 1 fully saturated rings. The molecule has 0 bridgehead atoms. The molecular formula is C21H26N2O5S. The van der Waals surface area contributed by atoms with Crippen molar-refractivity contribution in [3.63, 3.8) is 0 Å². The highest BCUT2D eigenvalue weighted by Crippen LogP contribution is 2.36. The summed E-state index contributed by atoms with van der Waals surface area (Å²) < 4.78 is 37.0. The van der Waals surface area contributed by atoms with E-state index in [-0.39, 0.29) is 6.42 Å². The number of methoxy groups -OCH3 is 1. The molecular weight excluding hydrogens is 392 g/mol. The number of nitrogens with one attached hydrogen (secondary N) is 1. The molecule has 29 heavy (non-hydrogen) atoms. The minimum Gasteiger partial charge on any atom is -0.497 e. The van der Waals surface area contributed by atoms with Crippen LogP contribution < -0.4 is 19.1 Å². The monoisotopic (exact) mass is 418 g/mol. The Morgan fingerprint density at radius 2 is 1.72 bits per heavy atom. The largest absolute Gasteiger partial charge is 0.497 e. The van der Waals surface area contributed by atoms with Gasteiger partial charge >= 0.3 is 0 Å². The lowest BCUT2D eigenvalue weighted by Crippen LogP contribution is -2.57. The Morgan fingerprint density at radius 1 is 1.10 bits per heavy atom. The number of rotatable bonds is 6. The third-order valence-corrected chi connectivity index (χ3v) is 7.64.